The molecule has 0 saturated carbocycles. The second-order valence-corrected chi connectivity index (χ2v) is 7.44. The first-order chi connectivity index (χ1) is 15.8. The van der Waals surface area contributed by atoms with Gasteiger partial charge in [0.1, 0.15) is 0 Å². The average molecular weight is 412 g/mol. The van der Waals surface area contributed by atoms with Gasteiger partial charge < -0.3 is 0 Å². The van der Waals surface area contributed by atoms with Crippen molar-refractivity contribution in [1.82, 2.24) is 15.0 Å². The van der Waals surface area contributed by atoms with Crippen molar-refractivity contribution in [2.45, 2.75) is 0 Å². The molecule has 0 saturated heterocycles. The first-order valence-corrected chi connectivity index (χ1v) is 10.5. The number of rotatable bonds is 5. The predicted octanol–water partition coefficient (Wildman–Crippen LogP) is 7.18. The van der Waals surface area contributed by atoms with Crippen molar-refractivity contribution in [3.8, 4) is 45.3 Å². The molecule has 0 fully saturated rings. The zero-order valence-electron chi connectivity index (χ0n) is 17.5. The number of benzene rings is 4. The van der Waals surface area contributed by atoms with Gasteiger partial charge >= 0.3 is 0 Å². The lowest BCUT2D eigenvalue weighted by Gasteiger charge is -2.09. The zero-order chi connectivity index (χ0) is 21.8. The summed E-state index contributed by atoms with van der Waals surface area (Å²) >= 11 is 0. The van der Waals surface area contributed by atoms with E-state index >= 15 is 0 Å². The molecular formula is C29H21N3. The summed E-state index contributed by atoms with van der Waals surface area (Å²) in [4.78, 5) is 14.3. The highest BCUT2D eigenvalue weighted by Gasteiger charge is 2.12. The van der Waals surface area contributed by atoms with Gasteiger partial charge in [-0.3, -0.25) is 0 Å². The molecule has 0 atom stereocenters. The molecule has 5 rings (SSSR count). The Hall–Kier alpha value is -4.37. The third kappa shape index (κ3) is 4.09. The number of hydrogen-bond donors (Lipinski definition) is 0. The fourth-order valence-corrected chi connectivity index (χ4v) is 3.56. The molecule has 3 heteroatoms. The summed E-state index contributed by atoms with van der Waals surface area (Å²) in [5.41, 5.74) is 6.29. The predicted molar refractivity (Wildman–Crippen MR) is 132 cm³/mol. The second kappa shape index (κ2) is 8.78. The van der Waals surface area contributed by atoms with Crippen LogP contribution >= 0.6 is 0 Å². The summed E-state index contributed by atoms with van der Waals surface area (Å²) in [6.07, 6.45) is 1.85. The van der Waals surface area contributed by atoms with Gasteiger partial charge in [-0.05, 0) is 16.7 Å². The SMILES string of the molecule is C=Cc1ccc(-c2ccc(-c3nc(-c4ccccc4)nc(-c4ccccc4)n3)cc2)cc1. The van der Waals surface area contributed by atoms with Crippen LogP contribution in [0.4, 0.5) is 0 Å². The van der Waals surface area contributed by atoms with Gasteiger partial charge in [0.2, 0.25) is 0 Å². The Morgan fingerprint density at radius 2 is 0.750 bits per heavy atom. The molecule has 0 radical (unpaired) electrons. The molecule has 0 bridgehead atoms. The molecule has 0 aliphatic heterocycles. The first-order valence-electron chi connectivity index (χ1n) is 10.5. The van der Waals surface area contributed by atoms with Crippen molar-refractivity contribution in [3.63, 3.8) is 0 Å². The van der Waals surface area contributed by atoms with Crippen LogP contribution in [-0.2, 0) is 0 Å². The third-order valence-electron chi connectivity index (χ3n) is 5.32. The molecule has 152 valence electrons. The minimum absolute atomic E-state index is 0.659. The van der Waals surface area contributed by atoms with Crippen LogP contribution in [0.3, 0.4) is 0 Å². The lowest BCUT2D eigenvalue weighted by Crippen LogP contribution is -2.00. The van der Waals surface area contributed by atoms with E-state index in [1.165, 1.54) is 0 Å². The van der Waals surface area contributed by atoms with Crippen molar-refractivity contribution in [3.05, 3.63) is 121 Å². The van der Waals surface area contributed by atoms with Crippen LogP contribution < -0.4 is 0 Å². The molecule has 3 nitrogen and oxygen atoms in total. The fraction of sp³-hybridized carbons (Fsp3) is 0. The minimum Gasteiger partial charge on any atom is -0.208 e. The van der Waals surface area contributed by atoms with Gasteiger partial charge in [-0.15, -0.1) is 0 Å². The van der Waals surface area contributed by atoms with Crippen molar-refractivity contribution in [1.29, 1.82) is 0 Å². The molecule has 32 heavy (non-hydrogen) atoms. The molecule has 0 aliphatic rings. The Morgan fingerprint density at radius 1 is 0.406 bits per heavy atom. The molecule has 0 aliphatic carbocycles. The summed E-state index contributed by atoms with van der Waals surface area (Å²) in [6.45, 7) is 3.82. The van der Waals surface area contributed by atoms with E-state index in [0.717, 1.165) is 33.4 Å². The summed E-state index contributed by atoms with van der Waals surface area (Å²) in [5.74, 6) is 1.99. The summed E-state index contributed by atoms with van der Waals surface area (Å²) in [6, 6.07) is 36.7. The van der Waals surface area contributed by atoms with Gasteiger partial charge in [-0.1, -0.05) is 122 Å². The van der Waals surface area contributed by atoms with E-state index in [1.54, 1.807) is 0 Å². The quantitative estimate of drug-likeness (QED) is 0.307. The fourth-order valence-electron chi connectivity index (χ4n) is 3.56. The second-order valence-electron chi connectivity index (χ2n) is 7.44. The minimum atomic E-state index is 0.659. The van der Waals surface area contributed by atoms with Crippen LogP contribution in [0.1, 0.15) is 5.56 Å². The van der Waals surface area contributed by atoms with E-state index in [4.69, 9.17) is 15.0 Å². The highest BCUT2D eigenvalue weighted by atomic mass is 15.0. The summed E-state index contributed by atoms with van der Waals surface area (Å²) in [7, 11) is 0. The maximum Gasteiger partial charge on any atom is 0.164 e. The van der Waals surface area contributed by atoms with Gasteiger partial charge in [0.15, 0.2) is 17.5 Å². The van der Waals surface area contributed by atoms with Gasteiger partial charge in [0.05, 0.1) is 0 Å². The van der Waals surface area contributed by atoms with Crippen LogP contribution in [0, 0.1) is 0 Å². The van der Waals surface area contributed by atoms with Gasteiger partial charge in [0, 0.05) is 16.7 Å². The van der Waals surface area contributed by atoms with Gasteiger partial charge in [-0.25, -0.2) is 15.0 Å². The molecule has 5 aromatic rings. The van der Waals surface area contributed by atoms with Crippen molar-refractivity contribution >= 4 is 6.08 Å². The number of aromatic nitrogens is 3. The Bertz CT molecular complexity index is 1280. The van der Waals surface area contributed by atoms with Crippen LogP contribution in [0.2, 0.25) is 0 Å². The monoisotopic (exact) mass is 411 g/mol. The molecule has 0 amide bonds. The lowest BCUT2D eigenvalue weighted by molar-refractivity contribution is 1.07. The summed E-state index contributed by atoms with van der Waals surface area (Å²) in [5, 5.41) is 0. The third-order valence-corrected chi connectivity index (χ3v) is 5.32. The number of nitrogens with zero attached hydrogens (tertiary/aromatic N) is 3. The van der Waals surface area contributed by atoms with Gasteiger partial charge in [0.25, 0.3) is 0 Å². The Morgan fingerprint density at radius 3 is 1.16 bits per heavy atom. The molecule has 1 heterocycles. The maximum atomic E-state index is 4.79. The normalized spacial score (nSPS) is 10.6. The van der Waals surface area contributed by atoms with E-state index in [-0.39, 0.29) is 0 Å². The smallest absolute Gasteiger partial charge is 0.164 e. The van der Waals surface area contributed by atoms with Crippen LogP contribution in [0.25, 0.3) is 51.4 Å². The molecule has 0 unspecified atom stereocenters. The average Bonchev–Trinajstić information content (AvgIpc) is 2.89. The number of hydrogen-bond acceptors (Lipinski definition) is 3. The molecule has 4 aromatic carbocycles. The van der Waals surface area contributed by atoms with Crippen LogP contribution in [-0.4, -0.2) is 15.0 Å². The highest BCUT2D eigenvalue weighted by molar-refractivity contribution is 5.71. The highest BCUT2D eigenvalue weighted by Crippen LogP contribution is 2.27. The standard InChI is InChI=1S/C29H21N3/c1-2-21-13-15-22(16-14-21)23-17-19-26(20-18-23)29-31-27(24-9-5-3-6-10-24)30-28(32-29)25-11-7-4-8-12-25/h2-20H,1H2. The molecule has 0 N–H and O–H groups in total. The maximum absolute atomic E-state index is 4.79. The van der Waals surface area contributed by atoms with E-state index < -0.39 is 0 Å². The largest absolute Gasteiger partial charge is 0.208 e. The molecule has 1 aromatic heterocycles. The van der Waals surface area contributed by atoms with Crippen LogP contribution in [0.15, 0.2) is 116 Å². The first kappa shape index (κ1) is 19.6. The Labute approximate surface area is 187 Å². The Kier molecular flexibility index (Phi) is 5.38. The van der Waals surface area contributed by atoms with Gasteiger partial charge in [-0.2, -0.15) is 0 Å². The molecular weight excluding hydrogens is 390 g/mol. The van der Waals surface area contributed by atoms with E-state index in [9.17, 15) is 0 Å². The topological polar surface area (TPSA) is 38.7 Å². The molecule has 0 spiro atoms. The van der Waals surface area contributed by atoms with Crippen molar-refractivity contribution in [2.75, 3.05) is 0 Å². The lowest BCUT2D eigenvalue weighted by atomic mass is 10.0. The van der Waals surface area contributed by atoms with Crippen LogP contribution in [0.5, 0.6) is 0 Å². The Balaban J connectivity index is 1.56. The zero-order valence-corrected chi connectivity index (χ0v) is 17.5. The summed E-state index contributed by atoms with van der Waals surface area (Å²) < 4.78 is 0. The van der Waals surface area contributed by atoms with E-state index in [0.29, 0.717) is 17.5 Å². The van der Waals surface area contributed by atoms with Crippen molar-refractivity contribution in [2.24, 2.45) is 0 Å². The van der Waals surface area contributed by atoms with E-state index in [2.05, 4.69) is 55.1 Å². The van der Waals surface area contributed by atoms with E-state index in [1.807, 2.05) is 66.7 Å². The van der Waals surface area contributed by atoms with Crippen molar-refractivity contribution < 1.29 is 0 Å².